The lowest BCUT2D eigenvalue weighted by atomic mass is 9.90. The van der Waals surface area contributed by atoms with Gasteiger partial charge in [-0.2, -0.15) is 0 Å². The summed E-state index contributed by atoms with van der Waals surface area (Å²) in [4.78, 5) is 24.9. The Balaban J connectivity index is 1.47. The van der Waals surface area contributed by atoms with E-state index >= 15 is 0 Å². The third-order valence-electron chi connectivity index (χ3n) is 6.67. The van der Waals surface area contributed by atoms with Crippen LogP contribution in [0.5, 0.6) is 5.75 Å². The van der Waals surface area contributed by atoms with Gasteiger partial charge in [-0.1, -0.05) is 23.7 Å². The molecule has 1 amide bonds. The van der Waals surface area contributed by atoms with E-state index in [0.717, 1.165) is 46.2 Å². The van der Waals surface area contributed by atoms with Crippen LogP contribution < -0.4 is 15.0 Å². The number of hydrogen-bond acceptors (Lipinski definition) is 5. The molecule has 1 atom stereocenters. The number of amides is 1. The Morgan fingerprint density at radius 2 is 1.94 bits per heavy atom. The van der Waals surface area contributed by atoms with Gasteiger partial charge in [-0.15, -0.1) is 0 Å². The number of nitrogens with one attached hydrogen (secondary N) is 1. The zero-order valence-corrected chi connectivity index (χ0v) is 20.7. The zero-order valence-electron chi connectivity index (χ0n) is 19.9. The minimum Gasteiger partial charge on any atom is -0.490 e. The second kappa shape index (κ2) is 8.84. The minimum absolute atomic E-state index is 0.133. The SMILES string of the molecule is CN1CCOc2cc(C(=Nc3ccc(-c4nccn4C)cc3)C3C(=O)Nc4cc(Cl)ccc43)ccc21. The molecule has 8 heteroatoms. The largest absolute Gasteiger partial charge is 0.490 e. The van der Waals surface area contributed by atoms with Crippen LogP contribution in [0.4, 0.5) is 17.1 Å². The van der Waals surface area contributed by atoms with Crippen molar-refractivity contribution in [2.75, 3.05) is 30.4 Å². The average Bonchev–Trinajstić information content (AvgIpc) is 3.44. The van der Waals surface area contributed by atoms with E-state index in [1.807, 2.05) is 73.4 Å². The van der Waals surface area contributed by atoms with Gasteiger partial charge in [0.05, 0.1) is 23.6 Å². The molecule has 4 aromatic rings. The molecule has 1 aromatic heterocycles. The smallest absolute Gasteiger partial charge is 0.238 e. The zero-order chi connectivity index (χ0) is 24.8. The Bertz CT molecular complexity index is 1510. The summed E-state index contributed by atoms with van der Waals surface area (Å²) in [7, 11) is 4.01. The summed E-state index contributed by atoms with van der Waals surface area (Å²) in [5, 5.41) is 3.55. The van der Waals surface area contributed by atoms with Crippen molar-refractivity contribution in [1.29, 1.82) is 0 Å². The summed E-state index contributed by atoms with van der Waals surface area (Å²) < 4.78 is 7.92. The molecule has 180 valence electrons. The number of rotatable bonds is 4. The number of nitrogens with zero attached hydrogens (tertiary/aromatic N) is 4. The predicted octanol–water partition coefficient (Wildman–Crippen LogP) is 5.43. The molecule has 2 aliphatic rings. The summed E-state index contributed by atoms with van der Waals surface area (Å²) in [5.41, 5.74) is 5.80. The summed E-state index contributed by atoms with van der Waals surface area (Å²) in [6, 6.07) is 19.4. The van der Waals surface area contributed by atoms with Gasteiger partial charge in [0, 0.05) is 48.3 Å². The number of likely N-dealkylation sites (N-methyl/N-ethyl adjacent to an activating group) is 1. The Kier molecular flexibility index (Phi) is 5.49. The number of halogens is 1. The van der Waals surface area contributed by atoms with Crippen LogP contribution in [0.25, 0.3) is 11.4 Å². The molecule has 2 aliphatic heterocycles. The number of carbonyl (C=O) groups is 1. The van der Waals surface area contributed by atoms with Crippen molar-refractivity contribution in [1.82, 2.24) is 9.55 Å². The maximum absolute atomic E-state index is 13.2. The molecule has 6 rings (SSSR count). The number of aryl methyl sites for hydroxylation is 1. The third kappa shape index (κ3) is 3.91. The van der Waals surface area contributed by atoms with Crippen LogP contribution in [0, 0.1) is 0 Å². The van der Waals surface area contributed by atoms with E-state index in [1.54, 1.807) is 18.3 Å². The van der Waals surface area contributed by atoms with E-state index in [2.05, 4.69) is 15.2 Å². The van der Waals surface area contributed by atoms with Crippen LogP contribution >= 0.6 is 11.6 Å². The lowest BCUT2D eigenvalue weighted by Crippen LogP contribution is -2.29. The van der Waals surface area contributed by atoms with Gasteiger partial charge in [0.2, 0.25) is 5.91 Å². The maximum atomic E-state index is 13.2. The highest BCUT2D eigenvalue weighted by molar-refractivity contribution is 6.31. The normalized spacial score (nSPS) is 16.9. The molecule has 0 spiro atoms. The van der Waals surface area contributed by atoms with E-state index in [0.29, 0.717) is 23.0 Å². The summed E-state index contributed by atoms with van der Waals surface area (Å²) in [6.45, 7) is 1.44. The van der Waals surface area contributed by atoms with Crippen LogP contribution in [0.1, 0.15) is 17.0 Å². The van der Waals surface area contributed by atoms with Gasteiger partial charge in [-0.25, -0.2) is 4.98 Å². The van der Waals surface area contributed by atoms with Crippen molar-refractivity contribution in [2.24, 2.45) is 12.0 Å². The molecular formula is C28H24ClN5O2. The molecule has 36 heavy (non-hydrogen) atoms. The fourth-order valence-corrected chi connectivity index (χ4v) is 4.96. The molecule has 3 aromatic carbocycles. The molecule has 7 nitrogen and oxygen atoms in total. The Labute approximate surface area is 214 Å². The van der Waals surface area contributed by atoms with Crippen LogP contribution in [-0.4, -0.2) is 41.4 Å². The Hall–Kier alpha value is -4.10. The highest BCUT2D eigenvalue weighted by atomic mass is 35.5. The first kappa shape index (κ1) is 22.4. The first-order valence-corrected chi connectivity index (χ1v) is 12.1. The molecule has 1 N–H and O–H groups in total. The first-order valence-electron chi connectivity index (χ1n) is 11.7. The molecule has 0 fully saturated rings. The topological polar surface area (TPSA) is 71.8 Å². The highest BCUT2D eigenvalue weighted by Crippen LogP contribution is 2.40. The van der Waals surface area contributed by atoms with E-state index in [9.17, 15) is 4.79 Å². The quantitative estimate of drug-likeness (QED) is 0.382. The van der Waals surface area contributed by atoms with Crippen molar-refractivity contribution in [3.63, 3.8) is 0 Å². The number of ether oxygens (including phenoxy) is 1. The van der Waals surface area contributed by atoms with Gasteiger partial charge < -0.3 is 19.5 Å². The number of benzene rings is 3. The fraction of sp³-hybridized carbons (Fsp3) is 0.179. The van der Waals surface area contributed by atoms with Crippen LogP contribution in [0.2, 0.25) is 5.02 Å². The van der Waals surface area contributed by atoms with E-state index in [1.165, 1.54) is 0 Å². The van der Waals surface area contributed by atoms with E-state index < -0.39 is 5.92 Å². The van der Waals surface area contributed by atoms with Crippen molar-refractivity contribution in [3.8, 4) is 17.1 Å². The number of aliphatic imine (C=N–C) groups is 1. The van der Waals surface area contributed by atoms with Crippen molar-refractivity contribution in [3.05, 3.63) is 89.2 Å². The number of hydrogen-bond donors (Lipinski definition) is 1. The monoisotopic (exact) mass is 497 g/mol. The van der Waals surface area contributed by atoms with Crippen molar-refractivity contribution >= 4 is 40.3 Å². The lowest BCUT2D eigenvalue weighted by molar-refractivity contribution is -0.115. The summed E-state index contributed by atoms with van der Waals surface area (Å²) in [6.07, 6.45) is 3.69. The average molecular weight is 498 g/mol. The second-order valence-electron chi connectivity index (χ2n) is 9.01. The highest BCUT2D eigenvalue weighted by Gasteiger charge is 2.36. The number of anilines is 2. The molecule has 3 heterocycles. The summed E-state index contributed by atoms with van der Waals surface area (Å²) >= 11 is 6.20. The first-order chi connectivity index (χ1) is 17.5. The van der Waals surface area contributed by atoms with Gasteiger partial charge >= 0.3 is 0 Å². The number of aromatic nitrogens is 2. The minimum atomic E-state index is -0.578. The van der Waals surface area contributed by atoms with E-state index in [4.69, 9.17) is 21.3 Å². The Morgan fingerprint density at radius 1 is 1.11 bits per heavy atom. The van der Waals surface area contributed by atoms with Gasteiger partial charge in [0.1, 0.15) is 24.1 Å². The fourth-order valence-electron chi connectivity index (χ4n) is 4.79. The molecule has 0 aliphatic carbocycles. The molecule has 0 bridgehead atoms. The van der Waals surface area contributed by atoms with Crippen molar-refractivity contribution in [2.45, 2.75) is 5.92 Å². The summed E-state index contributed by atoms with van der Waals surface area (Å²) in [5.74, 6) is 0.953. The van der Waals surface area contributed by atoms with Gasteiger partial charge in [0.25, 0.3) is 0 Å². The molecular weight excluding hydrogens is 474 g/mol. The van der Waals surface area contributed by atoms with Gasteiger partial charge in [0.15, 0.2) is 0 Å². The number of fused-ring (bicyclic) bond motifs is 2. The van der Waals surface area contributed by atoms with E-state index in [-0.39, 0.29) is 5.91 Å². The second-order valence-corrected chi connectivity index (χ2v) is 9.45. The lowest BCUT2D eigenvalue weighted by Gasteiger charge is -2.28. The number of imidazole rings is 1. The van der Waals surface area contributed by atoms with Crippen LogP contribution in [0.15, 0.2) is 78.0 Å². The number of carbonyl (C=O) groups excluding carboxylic acids is 1. The van der Waals surface area contributed by atoms with Crippen LogP contribution in [-0.2, 0) is 11.8 Å². The molecule has 0 radical (unpaired) electrons. The predicted molar refractivity (Wildman–Crippen MR) is 143 cm³/mol. The molecule has 1 unspecified atom stereocenters. The third-order valence-corrected chi connectivity index (χ3v) is 6.90. The standard InChI is InChI=1S/C28H24ClN5O2/c1-33-13-14-36-24-15-18(5-10-23(24)33)26(25-21-9-6-19(29)16-22(21)32-28(25)35)31-20-7-3-17(4-8-20)27-30-11-12-34(27)2/h3-12,15-16,25H,13-14H2,1-2H3,(H,32,35). The Morgan fingerprint density at radius 3 is 2.72 bits per heavy atom. The van der Waals surface area contributed by atoms with Crippen LogP contribution in [0.3, 0.4) is 0 Å². The van der Waals surface area contributed by atoms with Gasteiger partial charge in [-0.05, 0) is 54.1 Å². The molecule has 0 saturated heterocycles. The molecule has 0 saturated carbocycles. The maximum Gasteiger partial charge on any atom is 0.238 e. The van der Waals surface area contributed by atoms with Gasteiger partial charge in [-0.3, -0.25) is 9.79 Å². The van der Waals surface area contributed by atoms with Crippen molar-refractivity contribution < 1.29 is 9.53 Å².